The van der Waals surface area contributed by atoms with Crippen LogP contribution in [0.4, 0.5) is 13.2 Å². The summed E-state index contributed by atoms with van der Waals surface area (Å²) in [5.74, 6) is 0.598. The Morgan fingerprint density at radius 3 is 2.42 bits per heavy atom. The molecule has 0 bridgehead atoms. The van der Waals surface area contributed by atoms with Gasteiger partial charge in [0.2, 0.25) is 0 Å². The Labute approximate surface area is 138 Å². The number of halogens is 3. The molecule has 130 valence electrons. The van der Waals surface area contributed by atoms with Crippen molar-refractivity contribution in [2.24, 2.45) is 12.0 Å². The Bertz CT molecular complexity index is 674. The lowest BCUT2D eigenvalue weighted by atomic mass is 10.1. The second-order valence-electron chi connectivity index (χ2n) is 5.27. The van der Waals surface area contributed by atoms with Gasteiger partial charge in [-0.25, -0.2) is 4.99 Å². The summed E-state index contributed by atoms with van der Waals surface area (Å²) in [6.07, 6.45) is -0.697. The van der Waals surface area contributed by atoms with Crippen molar-refractivity contribution in [3.05, 3.63) is 53.3 Å². The lowest BCUT2D eigenvalue weighted by Crippen LogP contribution is -2.36. The highest BCUT2D eigenvalue weighted by molar-refractivity contribution is 5.79. The minimum Gasteiger partial charge on any atom is -0.357 e. The van der Waals surface area contributed by atoms with Gasteiger partial charge in [0.05, 0.1) is 18.3 Å². The molecule has 0 spiro atoms. The second kappa shape index (κ2) is 7.85. The van der Waals surface area contributed by atoms with Crippen molar-refractivity contribution in [3.8, 4) is 0 Å². The number of hydrogen-bond donors (Lipinski definition) is 2. The van der Waals surface area contributed by atoms with Gasteiger partial charge in [-0.1, -0.05) is 12.1 Å². The molecule has 2 N–H and O–H groups in total. The van der Waals surface area contributed by atoms with Gasteiger partial charge in [0.25, 0.3) is 0 Å². The topological polar surface area (TPSA) is 54.2 Å². The Balaban J connectivity index is 1.95. The van der Waals surface area contributed by atoms with Crippen LogP contribution in [-0.2, 0) is 26.3 Å². The van der Waals surface area contributed by atoms with Gasteiger partial charge in [-0.15, -0.1) is 0 Å². The number of alkyl halides is 3. The second-order valence-corrected chi connectivity index (χ2v) is 5.27. The number of aliphatic imine (C=N–C) groups is 1. The third-order valence-corrected chi connectivity index (χ3v) is 3.26. The highest BCUT2D eigenvalue weighted by atomic mass is 19.4. The lowest BCUT2D eigenvalue weighted by molar-refractivity contribution is -0.137. The van der Waals surface area contributed by atoms with Crippen LogP contribution in [0.2, 0.25) is 0 Å². The van der Waals surface area contributed by atoms with Gasteiger partial charge in [0.1, 0.15) is 0 Å². The number of rotatable bonds is 5. The van der Waals surface area contributed by atoms with E-state index in [1.54, 1.807) is 10.9 Å². The van der Waals surface area contributed by atoms with Crippen molar-refractivity contribution in [1.29, 1.82) is 0 Å². The predicted molar refractivity (Wildman–Crippen MR) is 86.3 cm³/mol. The molecule has 0 saturated carbocycles. The van der Waals surface area contributed by atoms with Crippen LogP contribution >= 0.6 is 0 Å². The minimum atomic E-state index is -4.31. The third-order valence-electron chi connectivity index (χ3n) is 3.26. The quantitative estimate of drug-likeness (QED) is 0.650. The number of benzene rings is 1. The van der Waals surface area contributed by atoms with E-state index in [1.807, 2.05) is 20.2 Å². The maximum absolute atomic E-state index is 12.5. The fourth-order valence-corrected chi connectivity index (χ4v) is 2.06. The molecule has 5 nitrogen and oxygen atoms in total. The van der Waals surface area contributed by atoms with Gasteiger partial charge in [0.15, 0.2) is 5.96 Å². The van der Waals surface area contributed by atoms with Crippen molar-refractivity contribution in [3.63, 3.8) is 0 Å². The van der Waals surface area contributed by atoms with E-state index in [4.69, 9.17) is 0 Å². The Kier molecular flexibility index (Phi) is 5.83. The fourth-order valence-electron chi connectivity index (χ4n) is 2.06. The van der Waals surface area contributed by atoms with E-state index in [-0.39, 0.29) is 0 Å². The maximum atomic E-state index is 12.5. The van der Waals surface area contributed by atoms with Crippen LogP contribution in [0, 0.1) is 0 Å². The van der Waals surface area contributed by atoms with Crippen LogP contribution in [0.25, 0.3) is 0 Å². The number of hydrogen-bond acceptors (Lipinski definition) is 2. The van der Waals surface area contributed by atoms with Gasteiger partial charge in [0, 0.05) is 31.9 Å². The molecule has 0 aliphatic heterocycles. The predicted octanol–water partition coefficient (Wildman–Crippen LogP) is 2.69. The van der Waals surface area contributed by atoms with Crippen LogP contribution in [0.1, 0.15) is 23.6 Å². The van der Waals surface area contributed by atoms with E-state index >= 15 is 0 Å². The van der Waals surface area contributed by atoms with Crippen LogP contribution in [0.5, 0.6) is 0 Å². The molecule has 0 amide bonds. The van der Waals surface area contributed by atoms with E-state index < -0.39 is 11.7 Å². The molecule has 24 heavy (non-hydrogen) atoms. The number of nitrogens with zero attached hydrogens (tertiary/aromatic N) is 3. The molecular formula is C16H20F3N5. The smallest absolute Gasteiger partial charge is 0.357 e. The summed E-state index contributed by atoms with van der Waals surface area (Å²) in [7, 11) is 1.83. The van der Waals surface area contributed by atoms with Crippen LogP contribution in [0.15, 0.2) is 41.7 Å². The largest absolute Gasteiger partial charge is 0.416 e. The zero-order chi connectivity index (χ0) is 17.6. The molecule has 0 fully saturated rings. The summed E-state index contributed by atoms with van der Waals surface area (Å²) < 4.78 is 39.3. The summed E-state index contributed by atoms with van der Waals surface area (Å²) in [4.78, 5) is 4.43. The molecule has 2 rings (SSSR count). The van der Waals surface area contributed by atoms with E-state index in [0.29, 0.717) is 25.6 Å². The SMILES string of the molecule is CCNC(=NCc1cnn(C)c1)NCc1ccc(C(F)(F)F)cc1. The number of nitrogens with one attached hydrogen (secondary N) is 2. The molecule has 2 aromatic rings. The maximum Gasteiger partial charge on any atom is 0.416 e. The van der Waals surface area contributed by atoms with E-state index in [1.165, 1.54) is 12.1 Å². The van der Waals surface area contributed by atoms with Crippen LogP contribution in [0.3, 0.4) is 0 Å². The molecule has 1 aromatic heterocycles. The molecule has 8 heteroatoms. The molecule has 0 radical (unpaired) electrons. The summed E-state index contributed by atoms with van der Waals surface area (Å²) >= 11 is 0. The number of aryl methyl sites for hydroxylation is 1. The fraction of sp³-hybridized carbons (Fsp3) is 0.375. The summed E-state index contributed by atoms with van der Waals surface area (Å²) in [6.45, 7) is 3.48. The van der Waals surface area contributed by atoms with Gasteiger partial charge < -0.3 is 10.6 Å². The molecule has 1 heterocycles. The van der Waals surface area contributed by atoms with E-state index in [2.05, 4.69) is 20.7 Å². The van der Waals surface area contributed by atoms with Gasteiger partial charge in [-0.3, -0.25) is 4.68 Å². The molecule has 0 atom stereocenters. The first-order chi connectivity index (χ1) is 11.4. The molecular weight excluding hydrogens is 319 g/mol. The minimum absolute atomic E-state index is 0.386. The first kappa shape index (κ1) is 17.8. The van der Waals surface area contributed by atoms with E-state index in [9.17, 15) is 13.2 Å². The average molecular weight is 339 g/mol. The van der Waals surface area contributed by atoms with Crippen LogP contribution < -0.4 is 10.6 Å². The zero-order valence-corrected chi connectivity index (χ0v) is 13.6. The van der Waals surface area contributed by atoms with Crippen molar-refractivity contribution in [2.45, 2.75) is 26.2 Å². The van der Waals surface area contributed by atoms with Crippen molar-refractivity contribution < 1.29 is 13.2 Å². The summed E-state index contributed by atoms with van der Waals surface area (Å²) in [5.41, 5.74) is 1.07. The van der Waals surface area contributed by atoms with Crippen molar-refractivity contribution in [2.75, 3.05) is 6.54 Å². The Hall–Kier alpha value is -2.51. The molecule has 0 saturated heterocycles. The Morgan fingerprint density at radius 1 is 1.17 bits per heavy atom. The van der Waals surface area contributed by atoms with Crippen molar-refractivity contribution in [1.82, 2.24) is 20.4 Å². The zero-order valence-electron chi connectivity index (χ0n) is 13.6. The first-order valence-corrected chi connectivity index (χ1v) is 7.54. The molecule has 1 aromatic carbocycles. The highest BCUT2D eigenvalue weighted by Crippen LogP contribution is 2.28. The van der Waals surface area contributed by atoms with E-state index in [0.717, 1.165) is 23.3 Å². The number of guanidine groups is 1. The highest BCUT2D eigenvalue weighted by Gasteiger charge is 2.29. The van der Waals surface area contributed by atoms with Gasteiger partial charge in [-0.05, 0) is 24.6 Å². The normalized spacial score (nSPS) is 12.3. The number of aromatic nitrogens is 2. The molecule has 0 aliphatic rings. The monoisotopic (exact) mass is 339 g/mol. The van der Waals surface area contributed by atoms with Crippen molar-refractivity contribution >= 4 is 5.96 Å². The lowest BCUT2D eigenvalue weighted by Gasteiger charge is -2.12. The first-order valence-electron chi connectivity index (χ1n) is 7.54. The van der Waals surface area contributed by atoms with Gasteiger partial charge in [-0.2, -0.15) is 18.3 Å². The molecule has 0 unspecified atom stereocenters. The summed E-state index contributed by atoms with van der Waals surface area (Å²) in [6, 6.07) is 5.08. The molecule has 0 aliphatic carbocycles. The third kappa shape index (κ3) is 5.29. The Morgan fingerprint density at radius 2 is 1.88 bits per heavy atom. The van der Waals surface area contributed by atoms with Crippen LogP contribution in [-0.4, -0.2) is 22.3 Å². The summed E-state index contributed by atoms with van der Waals surface area (Å²) in [5, 5.41) is 10.3. The average Bonchev–Trinajstić information content (AvgIpc) is 2.95. The van der Waals surface area contributed by atoms with Gasteiger partial charge >= 0.3 is 6.18 Å². The standard InChI is InChI=1S/C16H20F3N5/c1-3-20-15(22-9-13-10-23-24(2)11-13)21-8-12-4-6-14(7-5-12)16(17,18)19/h4-7,10-11H,3,8-9H2,1-2H3,(H2,20,21,22).